The number of ether oxygens (including phenoxy) is 1. The van der Waals surface area contributed by atoms with Gasteiger partial charge in [-0.3, -0.25) is 4.79 Å². The van der Waals surface area contributed by atoms with Crippen LogP contribution >= 0.6 is 0 Å². The predicted octanol–water partition coefficient (Wildman–Crippen LogP) is 3.24. The number of carbonyl (C=O) groups is 1. The van der Waals surface area contributed by atoms with E-state index < -0.39 is 0 Å². The van der Waals surface area contributed by atoms with Gasteiger partial charge in [0.05, 0.1) is 6.54 Å². The molecule has 2 N–H and O–H groups in total. The van der Waals surface area contributed by atoms with Gasteiger partial charge in [0, 0.05) is 12.0 Å². The Morgan fingerprint density at radius 2 is 1.76 bits per heavy atom. The lowest BCUT2D eigenvalue weighted by atomic mass is 9.94. The summed E-state index contributed by atoms with van der Waals surface area (Å²) >= 11 is 0. The number of hydrogen-bond acceptors (Lipinski definition) is 3. The normalized spacial score (nSPS) is 14.9. The molecule has 25 heavy (non-hydrogen) atoms. The average molecular weight is 338 g/mol. The van der Waals surface area contributed by atoms with Crippen LogP contribution in [0.2, 0.25) is 0 Å². The van der Waals surface area contributed by atoms with Gasteiger partial charge in [0.15, 0.2) is 0 Å². The Labute approximate surface area is 149 Å². The van der Waals surface area contributed by atoms with Crippen molar-refractivity contribution in [3.8, 4) is 16.9 Å². The highest BCUT2D eigenvalue weighted by atomic mass is 16.5. The highest BCUT2D eigenvalue weighted by molar-refractivity contribution is 5.76. The molecule has 4 nitrogen and oxygen atoms in total. The maximum Gasteiger partial charge on any atom is 0.220 e. The lowest BCUT2D eigenvalue weighted by Gasteiger charge is -2.21. The number of amides is 1. The number of carbonyl (C=O) groups excluding carboxylic acids is 1. The van der Waals surface area contributed by atoms with E-state index in [1.807, 2.05) is 36.4 Å². The smallest absolute Gasteiger partial charge is 0.220 e. The monoisotopic (exact) mass is 338 g/mol. The molecule has 1 amide bonds. The summed E-state index contributed by atoms with van der Waals surface area (Å²) in [5, 5.41) is 6.30. The Morgan fingerprint density at radius 1 is 1.04 bits per heavy atom. The van der Waals surface area contributed by atoms with Crippen LogP contribution in [0.5, 0.6) is 5.75 Å². The van der Waals surface area contributed by atoms with Crippen LogP contribution in [0.3, 0.4) is 0 Å². The van der Waals surface area contributed by atoms with Gasteiger partial charge in [-0.15, -0.1) is 0 Å². The maximum atomic E-state index is 12.0. The Hall–Kier alpha value is -2.33. The van der Waals surface area contributed by atoms with Crippen LogP contribution in [0.15, 0.2) is 54.6 Å². The first-order valence-electron chi connectivity index (χ1n) is 9.07. The summed E-state index contributed by atoms with van der Waals surface area (Å²) in [7, 11) is 0. The molecular weight excluding hydrogens is 312 g/mol. The molecule has 2 aromatic rings. The van der Waals surface area contributed by atoms with Crippen molar-refractivity contribution in [3.05, 3.63) is 54.6 Å². The molecule has 2 aromatic carbocycles. The maximum absolute atomic E-state index is 12.0. The summed E-state index contributed by atoms with van der Waals surface area (Å²) in [5.74, 6) is 1.49. The summed E-state index contributed by atoms with van der Waals surface area (Å²) in [6, 6.07) is 18.2. The molecule has 4 heteroatoms. The fourth-order valence-corrected chi connectivity index (χ4v) is 3.22. The van der Waals surface area contributed by atoms with Crippen LogP contribution in [-0.2, 0) is 4.79 Å². The highest BCUT2D eigenvalue weighted by Gasteiger charge is 2.16. The average Bonchev–Trinajstić information content (AvgIpc) is 2.67. The molecule has 3 rings (SSSR count). The van der Waals surface area contributed by atoms with E-state index in [0.29, 0.717) is 25.5 Å². The number of nitrogens with one attached hydrogen (secondary N) is 2. The van der Waals surface area contributed by atoms with Gasteiger partial charge in [-0.1, -0.05) is 48.5 Å². The summed E-state index contributed by atoms with van der Waals surface area (Å²) in [4.78, 5) is 12.0. The van der Waals surface area contributed by atoms with Gasteiger partial charge in [-0.25, -0.2) is 0 Å². The fraction of sp³-hybridized carbons (Fsp3) is 0.381. The summed E-state index contributed by atoms with van der Waals surface area (Å²) in [6.07, 6.45) is 2.81. The second-order valence-electron chi connectivity index (χ2n) is 6.46. The van der Waals surface area contributed by atoms with E-state index in [1.165, 1.54) is 0 Å². The zero-order chi connectivity index (χ0) is 17.3. The third-order valence-corrected chi connectivity index (χ3v) is 4.59. The Morgan fingerprint density at radius 3 is 2.56 bits per heavy atom. The van der Waals surface area contributed by atoms with Crippen molar-refractivity contribution < 1.29 is 9.53 Å². The van der Waals surface area contributed by atoms with E-state index in [0.717, 1.165) is 42.8 Å². The lowest BCUT2D eigenvalue weighted by molar-refractivity contribution is -0.122. The Balaban J connectivity index is 1.45. The summed E-state index contributed by atoms with van der Waals surface area (Å²) in [5.41, 5.74) is 2.21. The molecular formula is C21H26N2O2. The summed E-state index contributed by atoms with van der Waals surface area (Å²) in [6.45, 7) is 3.06. The molecule has 0 aromatic heterocycles. The molecule has 0 spiro atoms. The van der Waals surface area contributed by atoms with Crippen molar-refractivity contribution in [2.45, 2.75) is 19.3 Å². The molecule has 1 aliphatic heterocycles. The van der Waals surface area contributed by atoms with Gasteiger partial charge in [-0.05, 0) is 43.5 Å². The molecule has 132 valence electrons. The van der Waals surface area contributed by atoms with Gasteiger partial charge >= 0.3 is 0 Å². The van der Waals surface area contributed by atoms with Gasteiger partial charge in [0.2, 0.25) is 5.91 Å². The van der Waals surface area contributed by atoms with Crippen molar-refractivity contribution in [2.24, 2.45) is 5.92 Å². The van der Waals surface area contributed by atoms with Crippen molar-refractivity contribution in [1.82, 2.24) is 10.6 Å². The zero-order valence-electron chi connectivity index (χ0n) is 14.5. The minimum Gasteiger partial charge on any atom is -0.491 e. The minimum atomic E-state index is 0.131. The first kappa shape index (κ1) is 17.5. The quantitative estimate of drug-likeness (QED) is 0.762. The van der Waals surface area contributed by atoms with Gasteiger partial charge in [-0.2, -0.15) is 0 Å². The van der Waals surface area contributed by atoms with Crippen LogP contribution < -0.4 is 15.4 Å². The number of rotatable bonds is 7. The van der Waals surface area contributed by atoms with Crippen LogP contribution in [0, 0.1) is 5.92 Å². The Bertz CT molecular complexity index is 667. The molecule has 1 fully saturated rings. The van der Waals surface area contributed by atoms with E-state index in [4.69, 9.17) is 4.74 Å². The minimum absolute atomic E-state index is 0.131. The second kappa shape index (κ2) is 9.23. The molecule has 0 radical (unpaired) electrons. The molecule has 0 atom stereocenters. The van der Waals surface area contributed by atoms with E-state index in [-0.39, 0.29) is 5.91 Å². The molecule has 0 unspecified atom stereocenters. The van der Waals surface area contributed by atoms with E-state index in [1.54, 1.807) is 0 Å². The highest BCUT2D eigenvalue weighted by Crippen LogP contribution is 2.29. The van der Waals surface area contributed by atoms with Gasteiger partial charge < -0.3 is 15.4 Å². The lowest BCUT2D eigenvalue weighted by Crippen LogP contribution is -2.33. The predicted molar refractivity (Wildman–Crippen MR) is 101 cm³/mol. The molecule has 1 saturated heterocycles. The molecule has 0 saturated carbocycles. The third-order valence-electron chi connectivity index (χ3n) is 4.59. The van der Waals surface area contributed by atoms with Crippen LogP contribution in [-0.4, -0.2) is 32.1 Å². The van der Waals surface area contributed by atoms with Crippen LogP contribution in [0.25, 0.3) is 11.1 Å². The SMILES string of the molecule is O=C(CC1CCNCC1)NCCOc1ccccc1-c1ccccc1. The number of hydrogen-bond donors (Lipinski definition) is 2. The van der Waals surface area contributed by atoms with Gasteiger partial charge in [0.25, 0.3) is 0 Å². The van der Waals surface area contributed by atoms with E-state index in [2.05, 4.69) is 28.8 Å². The standard InChI is InChI=1S/C21H26N2O2/c24-21(16-17-10-12-22-13-11-17)23-14-15-25-20-9-5-4-8-19(20)18-6-2-1-3-7-18/h1-9,17,22H,10-16H2,(H,23,24). The zero-order valence-corrected chi connectivity index (χ0v) is 14.5. The first-order chi connectivity index (χ1) is 12.3. The fourth-order valence-electron chi connectivity index (χ4n) is 3.22. The number of piperidine rings is 1. The van der Waals surface area contributed by atoms with Crippen molar-refractivity contribution in [3.63, 3.8) is 0 Å². The molecule has 1 heterocycles. The number of para-hydroxylation sites is 1. The van der Waals surface area contributed by atoms with Crippen LogP contribution in [0.1, 0.15) is 19.3 Å². The third kappa shape index (κ3) is 5.33. The summed E-state index contributed by atoms with van der Waals surface area (Å²) < 4.78 is 5.91. The second-order valence-corrected chi connectivity index (χ2v) is 6.46. The van der Waals surface area contributed by atoms with Crippen molar-refractivity contribution in [1.29, 1.82) is 0 Å². The topological polar surface area (TPSA) is 50.4 Å². The molecule has 0 aliphatic carbocycles. The van der Waals surface area contributed by atoms with Crippen molar-refractivity contribution >= 4 is 5.91 Å². The number of benzene rings is 2. The largest absolute Gasteiger partial charge is 0.491 e. The molecule has 1 aliphatic rings. The molecule has 0 bridgehead atoms. The Kier molecular flexibility index (Phi) is 6.46. The van der Waals surface area contributed by atoms with Crippen LogP contribution in [0.4, 0.5) is 0 Å². The first-order valence-corrected chi connectivity index (χ1v) is 9.07. The van der Waals surface area contributed by atoms with E-state index in [9.17, 15) is 4.79 Å². The van der Waals surface area contributed by atoms with Crippen molar-refractivity contribution in [2.75, 3.05) is 26.2 Å². The van der Waals surface area contributed by atoms with Gasteiger partial charge in [0.1, 0.15) is 12.4 Å². The van der Waals surface area contributed by atoms with E-state index >= 15 is 0 Å².